The van der Waals surface area contributed by atoms with Gasteiger partial charge >= 0.3 is 0 Å². The van der Waals surface area contributed by atoms with E-state index in [0.717, 1.165) is 36.6 Å². The van der Waals surface area contributed by atoms with E-state index in [9.17, 15) is 0 Å². The van der Waals surface area contributed by atoms with E-state index in [4.69, 9.17) is 0 Å². The minimum absolute atomic E-state index is 0.842. The first-order valence-electron chi connectivity index (χ1n) is 6.59. The Labute approximate surface area is 118 Å². The molecule has 0 saturated heterocycles. The van der Waals surface area contributed by atoms with Gasteiger partial charge in [0.15, 0.2) is 0 Å². The summed E-state index contributed by atoms with van der Waals surface area (Å²) in [6, 6.07) is 0. The van der Waals surface area contributed by atoms with Crippen molar-refractivity contribution in [3.8, 4) is 0 Å². The van der Waals surface area contributed by atoms with Crippen molar-refractivity contribution >= 4 is 17.2 Å². The summed E-state index contributed by atoms with van der Waals surface area (Å²) < 4.78 is 0. The number of rotatable bonds is 5. The fraction of sp³-hybridized carbons (Fsp3) is 0.500. The molecule has 2 heterocycles. The summed E-state index contributed by atoms with van der Waals surface area (Å²) in [5.41, 5.74) is 3.10. The van der Waals surface area contributed by atoms with E-state index in [1.54, 1.807) is 17.5 Å². The Bertz CT molecular complexity index is 563. The molecule has 0 amide bonds. The lowest BCUT2D eigenvalue weighted by Gasteiger charge is -2.07. The highest BCUT2D eigenvalue weighted by molar-refractivity contribution is 7.11. The van der Waals surface area contributed by atoms with Gasteiger partial charge in [-0.3, -0.25) is 4.98 Å². The zero-order valence-corrected chi connectivity index (χ0v) is 12.8. The molecule has 2 rings (SSSR count). The molecule has 2 aromatic rings. The van der Waals surface area contributed by atoms with Crippen LogP contribution in [-0.2, 0) is 12.8 Å². The van der Waals surface area contributed by atoms with E-state index < -0.39 is 0 Å². The van der Waals surface area contributed by atoms with Gasteiger partial charge in [-0.25, -0.2) is 9.97 Å². The average Bonchev–Trinajstić information content (AvgIpc) is 2.74. The molecule has 1 N–H and O–H groups in total. The second-order valence-corrected chi connectivity index (χ2v) is 5.87. The lowest BCUT2D eigenvalue weighted by atomic mass is 10.3. The molecule has 102 valence electrons. The number of anilines is 1. The largest absolute Gasteiger partial charge is 0.368 e. The fourth-order valence-corrected chi connectivity index (χ4v) is 2.94. The maximum atomic E-state index is 4.64. The number of aryl methyl sites for hydroxylation is 4. The zero-order valence-electron chi connectivity index (χ0n) is 11.9. The molecule has 0 aromatic carbocycles. The summed E-state index contributed by atoms with van der Waals surface area (Å²) in [6.45, 7) is 9.06. The first-order valence-corrected chi connectivity index (χ1v) is 7.41. The highest BCUT2D eigenvalue weighted by Gasteiger charge is 2.06. The highest BCUT2D eigenvalue weighted by Crippen LogP contribution is 2.18. The van der Waals surface area contributed by atoms with E-state index in [1.807, 2.05) is 13.8 Å². The van der Waals surface area contributed by atoms with E-state index in [1.165, 1.54) is 15.6 Å². The number of hydrogen-bond donors (Lipinski definition) is 1. The molecule has 0 unspecified atom stereocenters. The van der Waals surface area contributed by atoms with Crippen LogP contribution >= 0.6 is 11.3 Å². The Kier molecular flexibility index (Phi) is 4.47. The molecule has 0 aliphatic carbocycles. The van der Waals surface area contributed by atoms with Crippen LogP contribution in [0.2, 0.25) is 0 Å². The average molecular weight is 276 g/mol. The van der Waals surface area contributed by atoms with E-state index in [0.29, 0.717) is 0 Å². The smallest absolute Gasteiger partial charge is 0.147 e. The minimum atomic E-state index is 0.842. The van der Waals surface area contributed by atoms with Crippen LogP contribution in [0.4, 0.5) is 5.82 Å². The number of aromatic nitrogens is 3. The van der Waals surface area contributed by atoms with Crippen LogP contribution in [0.5, 0.6) is 0 Å². The predicted octanol–water partition coefficient (Wildman–Crippen LogP) is 3.08. The van der Waals surface area contributed by atoms with Crippen molar-refractivity contribution in [2.45, 2.75) is 40.5 Å². The molecule has 0 radical (unpaired) electrons. The summed E-state index contributed by atoms with van der Waals surface area (Å²) in [5, 5.41) is 4.54. The quantitative estimate of drug-likeness (QED) is 0.912. The maximum absolute atomic E-state index is 4.64. The standard InChI is InChI=1S/C14H20N4S/c1-5-12-11(4)19-13(18-12)6-7-15-14-10(3)16-8-9(2)17-14/h8H,5-7H2,1-4H3,(H,15,17). The molecular weight excluding hydrogens is 256 g/mol. The van der Waals surface area contributed by atoms with Crippen molar-refractivity contribution in [3.05, 3.63) is 33.2 Å². The molecule has 0 saturated carbocycles. The van der Waals surface area contributed by atoms with Crippen molar-refractivity contribution in [1.82, 2.24) is 15.0 Å². The number of hydrogen-bond acceptors (Lipinski definition) is 5. The third-order valence-electron chi connectivity index (χ3n) is 2.98. The molecule has 0 aliphatic heterocycles. The van der Waals surface area contributed by atoms with Crippen LogP contribution in [0.1, 0.15) is 33.9 Å². The normalized spacial score (nSPS) is 10.7. The Morgan fingerprint density at radius 1 is 1.21 bits per heavy atom. The second kappa shape index (κ2) is 6.10. The third kappa shape index (κ3) is 3.50. The van der Waals surface area contributed by atoms with Crippen molar-refractivity contribution < 1.29 is 0 Å². The Balaban J connectivity index is 1.94. The molecule has 0 fully saturated rings. The minimum Gasteiger partial charge on any atom is -0.368 e. The third-order valence-corrected chi connectivity index (χ3v) is 4.05. The lowest BCUT2D eigenvalue weighted by molar-refractivity contribution is 0.940. The van der Waals surface area contributed by atoms with Gasteiger partial charge in [-0.2, -0.15) is 0 Å². The highest BCUT2D eigenvalue weighted by atomic mass is 32.1. The molecular formula is C14H20N4S. The predicted molar refractivity (Wildman–Crippen MR) is 79.9 cm³/mol. The van der Waals surface area contributed by atoms with Gasteiger partial charge in [0.25, 0.3) is 0 Å². The first kappa shape index (κ1) is 13.9. The summed E-state index contributed by atoms with van der Waals surface area (Å²) in [6.07, 6.45) is 3.73. The van der Waals surface area contributed by atoms with Crippen molar-refractivity contribution in [2.75, 3.05) is 11.9 Å². The van der Waals surface area contributed by atoms with E-state index in [-0.39, 0.29) is 0 Å². The number of nitrogens with one attached hydrogen (secondary N) is 1. The lowest BCUT2D eigenvalue weighted by Crippen LogP contribution is -2.09. The van der Waals surface area contributed by atoms with Crippen LogP contribution in [0.25, 0.3) is 0 Å². The van der Waals surface area contributed by atoms with Gasteiger partial charge in [0.2, 0.25) is 0 Å². The molecule has 0 aliphatic rings. The van der Waals surface area contributed by atoms with Crippen molar-refractivity contribution in [1.29, 1.82) is 0 Å². The number of nitrogens with zero attached hydrogens (tertiary/aromatic N) is 3. The molecule has 0 atom stereocenters. The maximum Gasteiger partial charge on any atom is 0.147 e. The van der Waals surface area contributed by atoms with Crippen molar-refractivity contribution in [3.63, 3.8) is 0 Å². The van der Waals surface area contributed by atoms with E-state index >= 15 is 0 Å². The van der Waals surface area contributed by atoms with Crippen LogP contribution in [0, 0.1) is 20.8 Å². The van der Waals surface area contributed by atoms with Gasteiger partial charge in [0.1, 0.15) is 5.82 Å². The van der Waals surface area contributed by atoms with Crippen molar-refractivity contribution in [2.24, 2.45) is 0 Å². The van der Waals surface area contributed by atoms with Crippen LogP contribution in [0.3, 0.4) is 0 Å². The van der Waals surface area contributed by atoms with Gasteiger partial charge in [0, 0.05) is 24.0 Å². The van der Waals surface area contributed by atoms with Crippen LogP contribution in [-0.4, -0.2) is 21.5 Å². The molecule has 0 bridgehead atoms. The summed E-state index contributed by atoms with van der Waals surface area (Å²) in [4.78, 5) is 14.7. The molecule has 5 heteroatoms. The monoisotopic (exact) mass is 276 g/mol. The Morgan fingerprint density at radius 3 is 2.68 bits per heavy atom. The van der Waals surface area contributed by atoms with Gasteiger partial charge in [-0.05, 0) is 27.2 Å². The topological polar surface area (TPSA) is 50.7 Å². The Morgan fingerprint density at radius 2 is 2.00 bits per heavy atom. The molecule has 19 heavy (non-hydrogen) atoms. The molecule has 0 spiro atoms. The van der Waals surface area contributed by atoms with Gasteiger partial charge in [-0.15, -0.1) is 11.3 Å². The zero-order chi connectivity index (χ0) is 13.8. The van der Waals surface area contributed by atoms with Gasteiger partial charge in [0.05, 0.1) is 22.1 Å². The number of thiazole rings is 1. The fourth-order valence-electron chi connectivity index (χ4n) is 1.92. The first-order chi connectivity index (χ1) is 9.10. The second-order valence-electron chi connectivity index (χ2n) is 4.59. The summed E-state index contributed by atoms with van der Waals surface area (Å²) in [5.74, 6) is 0.879. The summed E-state index contributed by atoms with van der Waals surface area (Å²) >= 11 is 1.79. The van der Waals surface area contributed by atoms with Gasteiger partial charge < -0.3 is 5.32 Å². The Hall–Kier alpha value is -1.49. The molecule has 2 aromatic heterocycles. The van der Waals surface area contributed by atoms with Crippen LogP contribution < -0.4 is 5.32 Å². The van der Waals surface area contributed by atoms with E-state index in [2.05, 4.69) is 34.1 Å². The van der Waals surface area contributed by atoms with Gasteiger partial charge in [-0.1, -0.05) is 6.92 Å². The summed E-state index contributed by atoms with van der Waals surface area (Å²) in [7, 11) is 0. The SMILES string of the molecule is CCc1nc(CCNc2nc(C)cnc2C)sc1C. The molecule has 4 nitrogen and oxygen atoms in total. The van der Waals surface area contributed by atoms with Crippen LogP contribution in [0.15, 0.2) is 6.20 Å².